The molecule has 0 bridgehead atoms. The maximum absolute atomic E-state index is 13.3. The van der Waals surface area contributed by atoms with E-state index in [0.29, 0.717) is 31.0 Å². The molecule has 0 saturated heterocycles. The minimum Gasteiger partial charge on any atom is -0.467 e. The molecule has 2 aromatic heterocycles. The molecule has 0 fully saturated rings. The Morgan fingerprint density at radius 3 is 2.53 bits per heavy atom. The molecule has 158 valence electrons. The molecular formula is C23H26BrN3O3. The molecule has 30 heavy (non-hydrogen) atoms. The van der Waals surface area contributed by atoms with E-state index < -0.39 is 0 Å². The van der Waals surface area contributed by atoms with Crippen molar-refractivity contribution in [2.75, 3.05) is 13.1 Å². The van der Waals surface area contributed by atoms with Crippen molar-refractivity contribution >= 4 is 27.7 Å². The highest BCUT2D eigenvalue weighted by Gasteiger charge is 2.23. The number of nitrogens with zero attached hydrogens (tertiary/aromatic N) is 3. The molecule has 0 aliphatic carbocycles. The Morgan fingerprint density at radius 1 is 1.07 bits per heavy atom. The second kappa shape index (κ2) is 10.3. The SMILES string of the molecule is CCCN(CC(=O)N(Cc1ccco1)Cc1cccn1C)C(=O)c1cccc(Br)c1. The van der Waals surface area contributed by atoms with Crippen molar-refractivity contribution in [2.45, 2.75) is 26.4 Å². The number of carbonyl (C=O) groups excluding carboxylic acids is 2. The fourth-order valence-electron chi connectivity index (χ4n) is 3.27. The molecule has 3 rings (SSSR count). The Kier molecular flexibility index (Phi) is 7.52. The normalized spacial score (nSPS) is 10.8. The van der Waals surface area contributed by atoms with E-state index in [4.69, 9.17) is 4.42 Å². The summed E-state index contributed by atoms with van der Waals surface area (Å²) in [5.74, 6) is 0.436. The lowest BCUT2D eigenvalue weighted by Gasteiger charge is -2.27. The van der Waals surface area contributed by atoms with Gasteiger partial charge in [-0.05, 0) is 48.9 Å². The van der Waals surface area contributed by atoms with Crippen LogP contribution in [0.3, 0.4) is 0 Å². The second-order valence-corrected chi connectivity index (χ2v) is 8.09. The molecule has 0 unspecified atom stereocenters. The van der Waals surface area contributed by atoms with Gasteiger partial charge in [0.1, 0.15) is 12.3 Å². The third-order valence-electron chi connectivity index (χ3n) is 4.86. The van der Waals surface area contributed by atoms with Gasteiger partial charge in [0.25, 0.3) is 5.91 Å². The Bertz CT molecular complexity index is 981. The summed E-state index contributed by atoms with van der Waals surface area (Å²) in [4.78, 5) is 29.7. The molecule has 1 aromatic carbocycles. The zero-order valence-corrected chi connectivity index (χ0v) is 18.8. The molecule has 0 radical (unpaired) electrons. The van der Waals surface area contributed by atoms with Gasteiger partial charge in [-0.25, -0.2) is 0 Å². The summed E-state index contributed by atoms with van der Waals surface area (Å²) in [6.07, 6.45) is 4.31. The lowest BCUT2D eigenvalue weighted by Crippen LogP contribution is -2.43. The summed E-state index contributed by atoms with van der Waals surface area (Å²) in [6.45, 7) is 3.31. The molecule has 0 aliphatic rings. The highest BCUT2D eigenvalue weighted by Crippen LogP contribution is 2.16. The largest absolute Gasteiger partial charge is 0.467 e. The van der Waals surface area contributed by atoms with Crippen LogP contribution in [-0.2, 0) is 24.9 Å². The molecule has 7 heteroatoms. The van der Waals surface area contributed by atoms with Crippen molar-refractivity contribution in [3.63, 3.8) is 0 Å². The number of benzene rings is 1. The first kappa shape index (κ1) is 21.9. The first-order valence-electron chi connectivity index (χ1n) is 9.93. The van der Waals surface area contributed by atoms with Crippen LogP contribution in [0.15, 0.2) is 69.9 Å². The van der Waals surface area contributed by atoms with Crippen molar-refractivity contribution < 1.29 is 14.0 Å². The number of furan rings is 1. The summed E-state index contributed by atoms with van der Waals surface area (Å²) in [7, 11) is 1.95. The summed E-state index contributed by atoms with van der Waals surface area (Å²) in [6, 6.07) is 14.8. The topological polar surface area (TPSA) is 58.7 Å². The molecule has 0 aliphatic heterocycles. The molecule has 2 amide bonds. The fourth-order valence-corrected chi connectivity index (χ4v) is 3.67. The Hall–Kier alpha value is -2.80. The summed E-state index contributed by atoms with van der Waals surface area (Å²) < 4.78 is 8.28. The van der Waals surface area contributed by atoms with Gasteiger partial charge in [0.05, 0.1) is 19.4 Å². The molecule has 0 spiro atoms. The van der Waals surface area contributed by atoms with Crippen molar-refractivity contribution in [1.29, 1.82) is 0 Å². The number of carbonyl (C=O) groups is 2. The van der Waals surface area contributed by atoms with E-state index in [0.717, 1.165) is 16.6 Å². The van der Waals surface area contributed by atoms with Gasteiger partial charge in [0.2, 0.25) is 5.91 Å². The van der Waals surface area contributed by atoms with Gasteiger partial charge in [0.15, 0.2) is 0 Å². The second-order valence-electron chi connectivity index (χ2n) is 7.18. The highest BCUT2D eigenvalue weighted by molar-refractivity contribution is 9.10. The van der Waals surface area contributed by atoms with Crippen molar-refractivity contribution in [2.24, 2.45) is 7.05 Å². The molecule has 2 heterocycles. The third-order valence-corrected chi connectivity index (χ3v) is 5.36. The first-order valence-corrected chi connectivity index (χ1v) is 10.7. The Balaban J connectivity index is 1.78. The van der Waals surface area contributed by atoms with Gasteiger partial charge in [-0.3, -0.25) is 9.59 Å². The molecule has 6 nitrogen and oxygen atoms in total. The molecule has 0 N–H and O–H groups in total. The average molecular weight is 472 g/mol. The lowest BCUT2D eigenvalue weighted by molar-refractivity contribution is -0.133. The van der Waals surface area contributed by atoms with Gasteiger partial charge in [-0.15, -0.1) is 0 Å². The summed E-state index contributed by atoms with van der Waals surface area (Å²) in [5.41, 5.74) is 1.57. The summed E-state index contributed by atoms with van der Waals surface area (Å²) in [5, 5.41) is 0. The Morgan fingerprint density at radius 2 is 1.90 bits per heavy atom. The van der Waals surface area contributed by atoms with Gasteiger partial charge >= 0.3 is 0 Å². The summed E-state index contributed by atoms with van der Waals surface area (Å²) >= 11 is 3.41. The van der Waals surface area contributed by atoms with E-state index in [1.54, 1.807) is 34.3 Å². The quantitative estimate of drug-likeness (QED) is 0.462. The number of aromatic nitrogens is 1. The number of amides is 2. The number of rotatable bonds is 9. The van der Waals surface area contributed by atoms with Crippen LogP contribution in [0.2, 0.25) is 0 Å². The molecule has 3 aromatic rings. The van der Waals surface area contributed by atoms with Crippen LogP contribution in [-0.4, -0.2) is 39.3 Å². The predicted molar refractivity (Wildman–Crippen MR) is 119 cm³/mol. The van der Waals surface area contributed by atoms with Crippen molar-refractivity contribution in [3.8, 4) is 0 Å². The number of aryl methyl sites for hydroxylation is 1. The van der Waals surface area contributed by atoms with Crippen molar-refractivity contribution in [3.05, 3.63) is 82.5 Å². The number of hydrogen-bond donors (Lipinski definition) is 0. The molecular weight excluding hydrogens is 446 g/mol. The first-order chi connectivity index (χ1) is 14.5. The molecule has 0 atom stereocenters. The standard InChI is InChI=1S/C23H26BrN3O3/c1-3-11-26(23(29)18-7-4-8-19(24)14-18)17-22(28)27(16-21-10-6-13-30-21)15-20-9-5-12-25(20)2/h4-10,12-14H,3,11,15-17H2,1-2H3. The minimum absolute atomic E-state index is 0.0182. The molecule has 0 saturated carbocycles. The van der Waals surface area contributed by atoms with Crippen LogP contribution in [0.5, 0.6) is 0 Å². The van der Waals surface area contributed by atoms with Gasteiger partial charge in [-0.1, -0.05) is 28.9 Å². The van der Waals surface area contributed by atoms with Crippen LogP contribution in [0.4, 0.5) is 0 Å². The van der Waals surface area contributed by atoms with Crippen LogP contribution in [0.25, 0.3) is 0 Å². The van der Waals surface area contributed by atoms with Crippen LogP contribution in [0, 0.1) is 0 Å². The maximum atomic E-state index is 13.3. The maximum Gasteiger partial charge on any atom is 0.254 e. The van der Waals surface area contributed by atoms with E-state index in [1.807, 2.05) is 55.1 Å². The van der Waals surface area contributed by atoms with E-state index in [2.05, 4.69) is 15.9 Å². The van der Waals surface area contributed by atoms with E-state index >= 15 is 0 Å². The fraction of sp³-hybridized carbons (Fsp3) is 0.304. The highest BCUT2D eigenvalue weighted by atomic mass is 79.9. The average Bonchev–Trinajstić information content (AvgIpc) is 3.38. The Labute approximate surface area is 185 Å². The smallest absolute Gasteiger partial charge is 0.254 e. The lowest BCUT2D eigenvalue weighted by atomic mass is 10.2. The van der Waals surface area contributed by atoms with Gasteiger partial charge in [0, 0.05) is 35.5 Å². The van der Waals surface area contributed by atoms with E-state index in [9.17, 15) is 9.59 Å². The monoisotopic (exact) mass is 471 g/mol. The van der Waals surface area contributed by atoms with Crippen LogP contribution < -0.4 is 0 Å². The van der Waals surface area contributed by atoms with Gasteiger partial charge in [-0.2, -0.15) is 0 Å². The zero-order chi connectivity index (χ0) is 21.5. The zero-order valence-electron chi connectivity index (χ0n) is 17.3. The van der Waals surface area contributed by atoms with Gasteiger partial charge < -0.3 is 18.8 Å². The van der Waals surface area contributed by atoms with Crippen LogP contribution >= 0.6 is 15.9 Å². The number of halogens is 1. The predicted octanol–water partition coefficient (Wildman–Crippen LogP) is 4.46. The van der Waals surface area contributed by atoms with E-state index in [1.165, 1.54) is 0 Å². The third kappa shape index (κ3) is 5.63. The minimum atomic E-state index is -0.150. The van der Waals surface area contributed by atoms with E-state index in [-0.39, 0.29) is 18.4 Å². The number of hydrogen-bond acceptors (Lipinski definition) is 3. The van der Waals surface area contributed by atoms with Crippen molar-refractivity contribution in [1.82, 2.24) is 14.4 Å². The van der Waals surface area contributed by atoms with Crippen LogP contribution in [0.1, 0.15) is 35.2 Å².